The van der Waals surface area contributed by atoms with Crippen molar-refractivity contribution in [3.05, 3.63) is 134 Å². The number of likely N-dealkylation sites (N-methyl/N-ethyl adjacent to an activating group) is 1. The third-order valence-corrected chi connectivity index (χ3v) is 12.7. The predicted molar refractivity (Wildman–Crippen MR) is 316 cm³/mol. The number of hydrogen-bond acceptors (Lipinski definition) is 7. The van der Waals surface area contributed by atoms with Gasteiger partial charge in [-0.1, -0.05) is 231 Å². The molecule has 0 aliphatic carbocycles. The van der Waals surface area contributed by atoms with E-state index in [2.05, 4.69) is 148 Å². The summed E-state index contributed by atoms with van der Waals surface area (Å²) in [5.41, 5.74) is 0. The summed E-state index contributed by atoms with van der Waals surface area (Å²) in [5.74, 6) is -0.843. The summed E-state index contributed by atoms with van der Waals surface area (Å²) >= 11 is 0. The Kier molecular flexibility index (Phi) is 51.2. The highest BCUT2D eigenvalue weighted by Crippen LogP contribution is 2.43. The fraction of sp³-hybridized carbons (Fsp3) is 0.625. The monoisotopic (exact) mass is 1050 g/mol. The number of quaternary nitrogens is 1. The topological polar surface area (TPSA) is 108 Å². The average Bonchev–Trinajstić information content (AvgIpc) is 3.36. The van der Waals surface area contributed by atoms with E-state index in [1.54, 1.807) is 0 Å². The highest BCUT2D eigenvalue weighted by molar-refractivity contribution is 7.47. The molecular weight excluding hydrogens is 942 g/mol. The first-order chi connectivity index (χ1) is 36.0. The van der Waals surface area contributed by atoms with E-state index in [-0.39, 0.29) is 32.0 Å². The Bertz CT molecular complexity index is 1710. The molecule has 0 aromatic rings. The standard InChI is InChI=1S/C64H106NO8P/c1-6-8-10-12-14-16-18-20-21-22-23-24-25-26-27-28-29-30-31-32-33-34-35-36-37-38-39-40-41-42-43-45-47-49-51-53-55-57-64(67)73-62(61-72-74(68,69)71-59-58-65(3,4)5)60-70-63(66)56-54-52-50-48-46-44-19-17-15-13-11-9-7-2/h8,10,14,16,20-21,23-24,26-27,29-30,32-33,35-36,38-39,41-42,45,47,62H,6-7,9,11-13,15,17-19,22,25,28,31,34,37,40,43-44,46,48-61H2,1-5H3/p+1/b10-8-,16-14-,21-20-,24-23-,27-26-,30-29-,33-32-,36-35-,39-38-,42-41-,47-45-. The minimum absolute atomic E-state index is 0.0190. The Morgan fingerprint density at radius 1 is 0.432 bits per heavy atom. The Morgan fingerprint density at radius 2 is 0.770 bits per heavy atom. The van der Waals surface area contributed by atoms with Crippen LogP contribution < -0.4 is 0 Å². The summed E-state index contributed by atoms with van der Waals surface area (Å²) in [5, 5.41) is 0. The van der Waals surface area contributed by atoms with Gasteiger partial charge in [0.25, 0.3) is 0 Å². The number of carbonyl (C=O) groups excluding carboxylic acids is 2. The number of phosphoric ester groups is 1. The number of hydrogen-bond donors (Lipinski definition) is 1. The molecule has 0 fully saturated rings. The highest BCUT2D eigenvalue weighted by Gasteiger charge is 2.27. The maximum Gasteiger partial charge on any atom is 0.472 e. The van der Waals surface area contributed by atoms with Gasteiger partial charge in [-0.15, -0.1) is 0 Å². The lowest BCUT2D eigenvalue weighted by Crippen LogP contribution is -2.37. The molecule has 0 heterocycles. The van der Waals surface area contributed by atoms with Crippen LogP contribution in [-0.4, -0.2) is 74.9 Å². The van der Waals surface area contributed by atoms with Gasteiger partial charge in [0.15, 0.2) is 6.10 Å². The van der Waals surface area contributed by atoms with Crippen LogP contribution in [0.3, 0.4) is 0 Å². The molecule has 0 spiro atoms. The third-order valence-electron chi connectivity index (χ3n) is 11.7. The van der Waals surface area contributed by atoms with E-state index in [1.807, 2.05) is 21.1 Å². The number of nitrogens with zero attached hydrogens (tertiary/aromatic N) is 1. The Balaban J connectivity index is 4.23. The zero-order valence-electron chi connectivity index (χ0n) is 47.5. The molecule has 0 aliphatic heterocycles. The van der Waals surface area contributed by atoms with Crippen molar-refractivity contribution in [2.24, 2.45) is 0 Å². The zero-order chi connectivity index (χ0) is 54.2. The molecule has 2 unspecified atom stereocenters. The van der Waals surface area contributed by atoms with Crippen LogP contribution in [0.4, 0.5) is 0 Å². The van der Waals surface area contributed by atoms with Crippen molar-refractivity contribution >= 4 is 19.8 Å². The Hall–Kier alpha value is -3.85. The maximum atomic E-state index is 12.8. The number of ether oxygens (including phenoxy) is 2. The average molecular weight is 1050 g/mol. The van der Waals surface area contributed by atoms with Crippen molar-refractivity contribution < 1.29 is 42.1 Å². The zero-order valence-corrected chi connectivity index (χ0v) is 48.4. The van der Waals surface area contributed by atoms with Gasteiger partial charge in [-0.25, -0.2) is 4.57 Å². The first kappa shape index (κ1) is 70.1. The summed E-state index contributed by atoms with van der Waals surface area (Å²) in [7, 11) is 1.44. The summed E-state index contributed by atoms with van der Waals surface area (Å²) in [4.78, 5) is 35.6. The van der Waals surface area contributed by atoms with Crippen LogP contribution in [0.25, 0.3) is 0 Å². The van der Waals surface area contributed by atoms with Crippen LogP contribution >= 0.6 is 7.82 Å². The minimum atomic E-state index is -4.40. The van der Waals surface area contributed by atoms with E-state index in [0.717, 1.165) is 109 Å². The van der Waals surface area contributed by atoms with Gasteiger partial charge in [-0.05, 0) is 96.3 Å². The molecule has 1 N–H and O–H groups in total. The van der Waals surface area contributed by atoms with E-state index < -0.39 is 26.5 Å². The number of phosphoric acid groups is 1. The lowest BCUT2D eigenvalue weighted by atomic mass is 10.0. The number of carbonyl (C=O) groups is 2. The molecule has 74 heavy (non-hydrogen) atoms. The van der Waals surface area contributed by atoms with Gasteiger partial charge in [0.2, 0.25) is 0 Å². The van der Waals surface area contributed by atoms with E-state index in [1.165, 1.54) is 64.2 Å². The molecular formula is C64H107NO8P+. The molecule has 0 bridgehead atoms. The van der Waals surface area contributed by atoms with E-state index in [9.17, 15) is 19.0 Å². The van der Waals surface area contributed by atoms with Gasteiger partial charge in [0, 0.05) is 12.8 Å². The summed E-state index contributed by atoms with van der Waals surface area (Å²) in [6.07, 6.45) is 78.1. The number of allylic oxidation sites excluding steroid dienone is 22. The van der Waals surface area contributed by atoms with Crippen molar-refractivity contribution in [2.45, 2.75) is 213 Å². The number of rotatable bonds is 51. The molecule has 0 amide bonds. The lowest BCUT2D eigenvalue weighted by Gasteiger charge is -2.24. The summed E-state index contributed by atoms with van der Waals surface area (Å²) in [6.45, 7) is 4.26. The van der Waals surface area contributed by atoms with Crippen LogP contribution in [-0.2, 0) is 32.7 Å². The quantitative estimate of drug-likeness (QED) is 0.0211. The molecule has 0 saturated carbocycles. The smallest absolute Gasteiger partial charge is 0.462 e. The van der Waals surface area contributed by atoms with Crippen LogP contribution in [0.15, 0.2) is 134 Å². The SMILES string of the molecule is CC/C=C\C/C=C\C/C=C\C/C=C\C/C=C\C/C=C\C/C=C\C/C=C\C/C=C\C/C=C\C/C=C\CCCCCC(=O)OC(COC(=O)CCCCCCCCCCCCCCC)COP(=O)(O)OCC[N+](C)(C)C. The van der Waals surface area contributed by atoms with Crippen LogP contribution in [0.1, 0.15) is 206 Å². The van der Waals surface area contributed by atoms with Gasteiger partial charge in [-0.2, -0.15) is 0 Å². The lowest BCUT2D eigenvalue weighted by molar-refractivity contribution is -0.870. The van der Waals surface area contributed by atoms with Crippen molar-refractivity contribution in [2.75, 3.05) is 47.5 Å². The van der Waals surface area contributed by atoms with Crippen molar-refractivity contribution in [1.82, 2.24) is 0 Å². The summed E-state index contributed by atoms with van der Waals surface area (Å²) < 4.78 is 34.4. The second-order valence-corrected chi connectivity index (χ2v) is 21.4. The molecule has 0 radical (unpaired) electrons. The predicted octanol–water partition coefficient (Wildman–Crippen LogP) is 18.1. The fourth-order valence-corrected chi connectivity index (χ4v) is 8.00. The molecule has 2 atom stereocenters. The van der Waals surface area contributed by atoms with Crippen molar-refractivity contribution in [3.8, 4) is 0 Å². The third kappa shape index (κ3) is 57.4. The van der Waals surface area contributed by atoms with E-state index in [0.29, 0.717) is 17.4 Å². The maximum absolute atomic E-state index is 12.8. The molecule has 10 heteroatoms. The van der Waals surface area contributed by atoms with E-state index >= 15 is 0 Å². The molecule has 0 rings (SSSR count). The van der Waals surface area contributed by atoms with Crippen LogP contribution in [0.2, 0.25) is 0 Å². The molecule has 0 aliphatic rings. The van der Waals surface area contributed by atoms with Crippen LogP contribution in [0, 0.1) is 0 Å². The Labute approximate surface area is 453 Å². The van der Waals surface area contributed by atoms with Gasteiger partial charge >= 0.3 is 19.8 Å². The minimum Gasteiger partial charge on any atom is -0.462 e. The van der Waals surface area contributed by atoms with Gasteiger partial charge < -0.3 is 18.9 Å². The molecule has 0 aromatic carbocycles. The normalized spacial score (nSPS) is 14.3. The first-order valence-electron chi connectivity index (χ1n) is 28.9. The van der Waals surface area contributed by atoms with Crippen LogP contribution in [0.5, 0.6) is 0 Å². The first-order valence-corrected chi connectivity index (χ1v) is 30.4. The summed E-state index contributed by atoms with van der Waals surface area (Å²) in [6, 6.07) is 0. The molecule has 420 valence electrons. The largest absolute Gasteiger partial charge is 0.472 e. The molecule has 9 nitrogen and oxygen atoms in total. The van der Waals surface area contributed by atoms with Crippen molar-refractivity contribution in [1.29, 1.82) is 0 Å². The highest BCUT2D eigenvalue weighted by atomic mass is 31.2. The molecule has 0 aromatic heterocycles. The van der Waals surface area contributed by atoms with Crippen molar-refractivity contribution in [3.63, 3.8) is 0 Å². The fourth-order valence-electron chi connectivity index (χ4n) is 7.25. The van der Waals surface area contributed by atoms with Gasteiger partial charge in [-0.3, -0.25) is 18.6 Å². The second kappa shape index (κ2) is 54.0. The number of unbranched alkanes of at least 4 members (excludes halogenated alkanes) is 15. The second-order valence-electron chi connectivity index (χ2n) is 19.9. The number of esters is 2. The Morgan fingerprint density at radius 3 is 1.15 bits per heavy atom. The van der Waals surface area contributed by atoms with Gasteiger partial charge in [0.05, 0.1) is 27.7 Å². The van der Waals surface area contributed by atoms with E-state index in [4.69, 9.17) is 18.5 Å². The van der Waals surface area contributed by atoms with Gasteiger partial charge in [0.1, 0.15) is 19.8 Å². The molecule has 0 saturated heterocycles.